The highest BCUT2D eigenvalue weighted by Crippen LogP contribution is 2.42. The van der Waals surface area contributed by atoms with E-state index in [1.165, 1.54) is 11.3 Å². The van der Waals surface area contributed by atoms with Gasteiger partial charge in [0.25, 0.3) is 6.29 Å². The van der Waals surface area contributed by atoms with Gasteiger partial charge in [-0.25, -0.2) is 0 Å². The fourth-order valence-electron chi connectivity index (χ4n) is 4.01. The Hall–Kier alpha value is -2.63. The molecule has 1 aromatic heterocycles. The zero-order chi connectivity index (χ0) is 18.8. The second-order valence-corrected chi connectivity index (χ2v) is 8.93. The van der Waals surface area contributed by atoms with Crippen LogP contribution in [0, 0.1) is 0 Å². The smallest absolute Gasteiger partial charge is 0.264 e. The van der Waals surface area contributed by atoms with Gasteiger partial charge in [0.2, 0.25) is 4.74 Å². The van der Waals surface area contributed by atoms with E-state index in [4.69, 9.17) is 9.47 Å². The monoisotopic (exact) mass is 448 g/mol. The minimum Gasteiger partial charge on any atom is -0.451 e. The first-order valence-electron chi connectivity index (χ1n) is 8.98. The van der Waals surface area contributed by atoms with Crippen molar-refractivity contribution >= 4 is 54.2 Å². The number of ether oxygens (including phenoxy) is 2. The number of halogens is 1. The highest BCUT2D eigenvalue weighted by Gasteiger charge is 2.32. The molecule has 0 radical (unpaired) electrons. The van der Waals surface area contributed by atoms with Crippen LogP contribution in [0.2, 0.25) is 0 Å². The lowest BCUT2D eigenvalue weighted by Crippen LogP contribution is -2.34. The Kier molecular flexibility index (Phi) is 3.46. The fraction of sp³-hybridized carbons (Fsp3) is 0.0870. The number of hydrogen-bond donors (Lipinski definition) is 0. The van der Waals surface area contributed by atoms with Gasteiger partial charge < -0.3 is 9.47 Å². The summed E-state index contributed by atoms with van der Waals surface area (Å²) in [5, 5.41) is 3.27. The van der Waals surface area contributed by atoms with Crippen molar-refractivity contribution in [1.29, 1.82) is 0 Å². The summed E-state index contributed by atoms with van der Waals surface area (Å²) in [4.78, 5) is 12.7. The Labute approximate surface area is 173 Å². The van der Waals surface area contributed by atoms with E-state index in [0.717, 1.165) is 42.2 Å². The molecule has 0 saturated carbocycles. The van der Waals surface area contributed by atoms with Gasteiger partial charge in [-0.05, 0) is 47.2 Å². The van der Waals surface area contributed by atoms with Gasteiger partial charge in [-0.1, -0.05) is 51.5 Å². The van der Waals surface area contributed by atoms with Crippen LogP contribution in [-0.2, 0) is 6.42 Å². The van der Waals surface area contributed by atoms with Crippen molar-refractivity contribution in [2.75, 3.05) is 0 Å². The molecule has 3 nitrogen and oxygen atoms in total. The van der Waals surface area contributed by atoms with Crippen molar-refractivity contribution in [3.8, 4) is 11.5 Å². The summed E-state index contributed by atoms with van der Waals surface area (Å²) in [6.07, 6.45) is 2.17. The number of fused-ring (bicyclic) bond motifs is 7. The molecule has 0 amide bonds. The van der Waals surface area contributed by atoms with Gasteiger partial charge in [0, 0.05) is 32.1 Å². The molecule has 2 aliphatic heterocycles. The number of benzene rings is 3. The van der Waals surface area contributed by atoms with Gasteiger partial charge in [0.15, 0.2) is 0 Å². The molecule has 5 heteroatoms. The fourth-order valence-corrected chi connectivity index (χ4v) is 5.27. The zero-order valence-corrected chi connectivity index (χ0v) is 17.0. The topological polar surface area (TPSA) is 35.5 Å². The Morgan fingerprint density at radius 2 is 1.89 bits per heavy atom. The van der Waals surface area contributed by atoms with Crippen LogP contribution in [0.3, 0.4) is 0 Å². The average Bonchev–Trinajstić information content (AvgIpc) is 2.71. The van der Waals surface area contributed by atoms with Crippen molar-refractivity contribution in [2.24, 2.45) is 0 Å². The summed E-state index contributed by atoms with van der Waals surface area (Å²) < 4.78 is 14.4. The highest BCUT2D eigenvalue weighted by atomic mass is 79.9. The molecular weight excluding hydrogens is 436 g/mol. The molecule has 0 fully saturated rings. The molecule has 28 heavy (non-hydrogen) atoms. The quantitative estimate of drug-likeness (QED) is 0.335. The van der Waals surface area contributed by atoms with Crippen LogP contribution in [0.25, 0.3) is 26.9 Å². The lowest BCUT2D eigenvalue weighted by molar-refractivity contribution is 0.0276. The van der Waals surface area contributed by atoms with E-state index in [9.17, 15) is 4.79 Å². The molecule has 4 aromatic rings. The van der Waals surface area contributed by atoms with E-state index < -0.39 is 6.29 Å². The van der Waals surface area contributed by atoms with Crippen LogP contribution >= 0.6 is 27.3 Å². The lowest BCUT2D eigenvalue weighted by Gasteiger charge is -2.33. The van der Waals surface area contributed by atoms with Gasteiger partial charge in [-0.15, -0.1) is 0 Å². The van der Waals surface area contributed by atoms with E-state index in [1.807, 2.05) is 42.5 Å². The second-order valence-electron chi connectivity index (χ2n) is 7.00. The molecule has 0 bridgehead atoms. The summed E-state index contributed by atoms with van der Waals surface area (Å²) >= 11 is 4.79. The van der Waals surface area contributed by atoms with E-state index in [-0.39, 0.29) is 4.74 Å². The summed E-state index contributed by atoms with van der Waals surface area (Å²) in [7, 11) is 0. The number of rotatable bonds is 0. The molecular formula is C23H13BrO3S. The van der Waals surface area contributed by atoms with Crippen molar-refractivity contribution in [3.05, 3.63) is 85.3 Å². The summed E-state index contributed by atoms with van der Waals surface area (Å²) in [5.74, 6) is 1.46. The highest BCUT2D eigenvalue weighted by molar-refractivity contribution is 9.10. The van der Waals surface area contributed by atoms with Gasteiger partial charge in [-0.2, -0.15) is 0 Å². The Morgan fingerprint density at radius 3 is 2.82 bits per heavy atom. The van der Waals surface area contributed by atoms with E-state index in [2.05, 4.69) is 34.1 Å². The van der Waals surface area contributed by atoms with Crippen molar-refractivity contribution in [2.45, 2.75) is 12.7 Å². The van der Waals surface area contributed by atoms with Crippen LogP contribution in [0.15, 0.2) is 69.4 Å². The molecule has 3 heterocycles. The van der Waals surface area contributed by atoms with Crippen molar-refractivity contribution < 1.29 is 9.47 Å². The molecule has 0 N–H and O–H groups in total. The van der Waals surface area contributed by atoms with Crippen LogP contribution in [0.4, 0.5) is 0 Å². The largest absolute Gasteiger partial charge is 0.451 e. The first kappa shape index (κ1) is 16.3. The third-order valence-corrected chi connectivity index (χ3v) is 6.80. The minimum absolute atomic E-state index is 0.0206. The van der Waals surface area contributed by atoms with E-state index in [1.54, 1.807) is 0 Å². The lowest BCUT2D eigenvalue weighted by atomic mass is 9.93. The maximum Gasteiger partial charge on any atom is 0.264 e. The maximum absolute atomic E-state index is 12.7. The van der Waals surface area contributed by atoms with Gasteiger partial charge in [0.1, 0.15) is 11.5 Å². The predicted molar refractivity (Wildman–Crippen MR) is 116 cm³/mol. The van der Waals surface area contributed by atoms with Gasteiger partial charge in [0.05, 0.1) is 5.56 Å². The molecule has 0 aliphatic carbocycles. The van der Waals surface area contributed by atoms with Crippen LogP contribution in [-0.4, -0.2) is 6.29 Å². The molecule has 1 atom stereocenters. The molecule has 0 spiro atoms. The summed E-state index contributed by atoms with van der Waals surface area (Å²) in [6, 6.07) is 18.2. The van der Waals surface area contributed by atoms with Crippen LogP contribution < -0.4 is 14.2 Å². The van der Waals surface area contributed by atoms with Crippen LogP contribution in [0.1, 0.15) is 11.1 Å². The molecule has 0 saturated heterocycles. The van der Waals surface area contributed by atoms with E-state index >= 15 is 0 Å². The molecule has 1 unspecified atom stereocenters. The standard InChI is InChI=1S/C23H13BrO3S/c24-14-6-7-15-12(9-14)5-8-19-17(15)10-13-11-18-21(27-23(13)26-19)16-3-1-2-4-20(16)28-22(18)25/h1-9,11,23H,10H2. The first-order chi connectivity index (χ1) is 13.7. The van der Waals surface area contributed by atoms with E-state index in [0.29, 0.717) is 17.7 Å². The molecule has 3 aromatic carbocycles. The summed E-state index contributed by atoms with van der Waals surface area (Å²) in [5.41, 5.74) is 2.75. The van der Waals surface area contributed by atoms with Crippen molar-refractivity contribution in [1.82, 2.24) is 0 Å². The Bertz CT molecular complexity index is 1390. The average molecular weight is 449 g/mol. The normalized spacial score (nSPS) is 17.2. The Balaban J connectivity index is 1.54. The maximum atomic E-state index is 12.7. The predicted octanol–water partition coefficient (Wildman–Crippen LogP) is 5.91. The molecule has 6 rings (SSSR count). The summed E-state index contributed by atoms with van der Waals surface area (Å²) in [6.45, 7) is 0. The van der Waals surface area contributed by atoms with Gasteiger partial charge in [-0.3, -0.25) is 4.79 Å². The zero-order valence-electron chi connectivity index (χ0n) is 14.6. The minimum atomic E-state index is -0.497. The van der Waals surface area contributed by atoms with Crippen molar-refractivity contribution in [3.63, 3.8) is 0 Å². The third kappa shape index (κ3) is 2.36. The molecule has 136 valence electrons. The Morgan fingerprint density at radius 1 is 1.00 bits per heavy atom. The first-order valence-corrected chi connectivity index (χ1v) is 10.6. The SMILES string of the molecule is O=c1sc2ccccc2c2c1C=C1Cc3c(ccc4cc(Br)ccc34)OC1O2. The number of hydrogen-bond acceptors (Lipinski definition) is 4. The molecule has 2 aliphatic rings. The van der Waals surface area contributed by atoms with Crippen LogP contribution in [0.5, 0.6) is 11.5 Å². The second kappa shape index (κ2) is 5.93. The van der Waals surface area contributed by atoms with Gasteiger partial charge >= 0.3 is 0 Å². The third-order valence-electron chi connectivity index (χ3n) is 5.32.